The molecule has 0 atom stereocenters. The second kappa shape index (κ2) is 21.4. The fraction of sp³-hybridized carbons (Fsp3) is 0.0238. The van der Waals surface area contributed by atoms with Gasteiger partial charge in [0.2, 0.25) is 17.5 Å². The Morgan fingerprint density at radius 2 is 0.926 bits per heavy atom. The smallest absolute Gasteiger partial charge is 0.296 e. The molecule has 39 heteroatoms. The van der Waals surface area contributed by atoms with Crippen LogP contribution in [0.2, 0.25) is 0 Å². The van der Waals surface area contributed by atoms with E-state index < -0.39 is 196 Å². The Hall–Kier alpha value is -8.16. The van der Waals surface area contributed by atoms with Crippen molar-refractivity contribution < 1.29 is 105 Å². The number of hydrogen-bond acceptors (Lipinski definition) is 24. The van der Waals surface area contributed by atoms with Crippen LogP contribution in [0.4, 0.5) is 34.1 Å². The second-order valence-corrected chi connectivity index (χ2v) is 26.2. The molecule has 426 valence electrons. The number of nitrogens with two attached hydrogens (primary N) is 1. The molecule has 32 nitrogen and oxygen atoms in total. The fourth-order valence-electron chi connectivity index (χ4n) is 7.42. The molecule has 0 spiro atoms. The maximum absolute atomic E-state index is 14.0. The lowest BCUT2D eigenvalue weighted by molar-refractivity contribution is -0.114. The van der Waals surface area contributed by atoms with Gasteiger partial charge in [-0.05, 0) is 101 Å². The van der Waals surface area contributed by atoms with E-state index in [9.17, 15) is 105 Å². The summed E-state index contributed by atoms with van der Waals surface area (Å²) in [4.78, 5) is 32.5. The van der Waals surface area contributed by atoms with Crippen molar-refractivity contribution in [1.82, 2.24) is 0 Å². The van der Waals surface area contributed by atoms with Gasteiger partial charge in [0.1, 0.15) is 30.2 Å². The van der Waals surface area contributed by atoms with Gasteiger partial charge in [-0.25, -0.2) is 0 Å². The molecule has 0 heterocycles. The molecule has 2 aliphatic rings. The average molecular weight is 1260 g/mol. The summed E-state index contributed by atoms with van der Waals surface area (Å²) < 4.78 is 242. The maximum atomic E-state index is 14.0. The number of nitrogens with one attached hydrogen (secondary N) is 3. The summed E-state index contributed by atoms with van der Waals surface area (Å²) >= 11 is 0. The number of carbonyl (C=O) groups is 3. The minimum absolute atomic E-state index is 0.201. The van der Waals surface area contributed by atoms with E-state index in [0.717, 1.165) is 67.6 Å². The highest BCUT2D eigenvalue weighted by molar-refractivity contribution is 7.91. The molecule has 12 N–H and O–H groups in total. The number of Topliss-reactive ketones (excluding diaryl/α,β-unsaturated/α-hetero) is 2. The molecule has 0 saturated carbocycles. The first-order valence-corrected chi connectivity index (χ1v) is 31.2. The number of anilines is 4. The van der Waals surface area contributed by atoms with Gasteiger partial charge in [0.25, 0.3) is 70.8 Å². The van der Waals surface area contributed by atoms with Crippen molar-refractivity contribution in [3.8, 4) is 0 Å². The highest BCUT2D eigenvalue weighted by atomic mass is 32.2. The van der Waals surface area contributed by atoms with E-state index in [2.05, 4.69) is 36.6 Å². The normalized spacial score (nSPS) is 15.6. The van der Waals surface area contributed by atoms with Crippen molar-refractivity contribution in [2.24, 2.45) is 20.4 Å². The number of allylic oxidation sites excluding steroid dienone is 2. The predicted octanol–water partition coefficient (Wildman–Crippen LogP) is 3.83. The summed E-state index contributed by atoms with van der Waals surface area (Å²) in [5.41, 5.74) is 1.26. The zero-order valence-electron chi connectivity index (χ0n) is 39.6. The van der Waals surface area contributed by atoms with Gasteiger partial charge in [-0.3, -0.25) is 57.1 Å². The van der Waals surface area contributed by atoms with E-state index in [-0.39, 0.29) is 5.69 Å². The SMILES string of the molecule is CC(=O)Nc1cc(S(=O)(=O)O)cc2c1C(=O)/C(=N\Nc1ccc(/C=C/c3ccc(N/N=C4/C(=O)c5c(cc(S(=O)(=O)O)c(N=Nc6ccc(S(=O)(=O)O)cc6)c5N)C=C4S(=O)(=O)O)cc3S(=O)(=O)O)c(S(=O)(=O)O)c1)C(S(=O)(=O)O)=C2. The summed E-state index contributed by atoms with van der Waals surface area (Å²) in [7, 11) is -36.6. The first-order valence-electron chi connectivity index (χ1n) is 21.1. The standard InChI is InChI=1S/C42H32N8O24S7/c1-19(51)44-29-18-28(76(57,58)59)12-22-13-33(80(69,70)71)39(41(52)35(22)29)49-46-25-6-4-20(30(16-25)77(60,61)62)2-3-21-5-7-26(17-31(21)78(63,64)65)47-50-40-34(81(72,73)74)15-23-14-32(79(66,67)68)38(37(43)36(23)42(40)53)48-45-24-8-10-27(11-9-24)75(54,55)56/h2-18,46-47H,43H2,1H3,(H,44,51)(H,54,55,56)(H,57,58,59)(H,60,61,62)(H,63,64,65)(H,66,67,68)(H,69,70,71)(H,72,73,74)/b3-2+,48-45?,49-39-,50-40+. The minimum Gasteiger partial charge on any atom is -0.396 e. The van der Waals surface area contributed by atoms with Crippen LogP contribution in [0.3, 0.4) is 0 Å². The lowest BCUT2D eigenvalue weighted by Crippen LogP contribution is -2.28. The van der Waals surface area contributed by atoms with Gasteiger partial charge in [0.15, 0.2) is 11.4 Å². The van der Waals surface area contributed by atoms with Gasteiger partial charge >= 0.3 is 0 Å². The Morgan fingerprint density at radius 3 is 1.33 bits per heavy atom. The number of azo groups is 1. The predicted molar refractivity (Wildman–Crippen MR) is 283 cm³/mol. The van der Waals surface area contributed by atoms with E-state index in [0.29, 0.717) is 42.5 Å². The van der Waals surface area contributed by atoms with Gasteiger partial charge in [-0.1, -0.05) is 24.3 Å². The Morgan fingerprint density at radius 1 is 0.494 bits per heavy atom. The van der Waals surface area contributed by atoms with Crippen LogP contribution in [0.15, 0.2) is 134 Å². The van der Waals surface area contributed by atoms with Crippen LogP contribution in [-0.2, 0) is 75.6 Å². The third-order valence-corrected chi connectivity index (χ3v) is 17.0. The molecule has 2 aliphatic carbocycles. The topological polar surface area (TPSA) is 543 Å². The van der Waals surface area contributed by atoms with Crippen LogP contribution in [-0.4, -0.2) is 120 Å². The molecule has 0 bridgehead atoms. The first kappa shape index (κ1) is 60.5. The van der Waals surface area contributed by atoms with Gasteiger partial charge in [0, 0.05) is 6.92 Å². The lowest BCUT2D eigenvalue weighted by atomic mass is 9.92. The number of amides is 1. The van der Waals surface area contributed by atoms with Crippen molar-refractivity contribution >= 4 is 158 Å². The van der Waals surface area contributed by atoms with E-state index in [1.807, 2.05) is 0 Å². The third-order valence-electron chi connectivity index (χ3n) is 10.9. The fourth-order valence-corrected chi connectivity index (χ4v) is 11.9. The molecular weight excluding hydrogens is 1220 g/mol. The molecule has 5 aromatic carbocycles. The molecule has 1 amide bonds. The van der Waals surface area contributed by atoms with E-state index in [1.54, 1.807) is 0 Å². The monoisotopic (exact) mass is 1260 g/mol. The Bertz CT molecular complexity index is 4690. The third kappa shape index (κ3) is 13.4. The molecule has 5 aromatic rings. The lowest BCUT2D eigenvalue weighted by Gasteiger charge is -2.20. The van der Waals surface area contributed by atoms with Crippen LogP contribution in [0.25, 0.3) is 24.3 Å². The highest BCUT2D eigenvalue weighted by Crippen LogP contribution is 2.41. The quantitative estimate of drug-likeness (QED) is 0.0220. The van der Waals surface area contributed by atoms with Crippen LogP contribution < -0.4 is 21.9 Å². The van der Waals surface area contributed by atoms with E-state index in [1.165, 1.54) is 0 Å². The summed E-state index contributed by atoms with van der Waals surface area (Å²) in [6, 6.07) is 10.8. The molecule has 0 saturated heterocycles. The van der Waals surface area contributed by atoms with Crippen molar-refractivity contribution in [1.29, 1.82) is 0 Å². The molecule has 0 aromatic heterocycles. The van der Waals surface area contributed by atoms with Crippen LogP contribution >= 0.6 is 0 Å². The van der Waals surface area contributed by atoms with Gasteiger partial charge < -0.3 is 11.1 Å². The van der Waals surface area contributed by atoms with Crippen LogP contribution in [0, 0.1) is 0 Å². The molecule has 0 fully saturated rings. The van der Waals surface area contributed by atoms with Crippen molar-refractivity contribution in [2.45, 2.75) is 31.4 Å². The van der Waals surface area contributed by atoms with Gasteiger partial charge in [-0.15, -0.1) is 5.11 Å². The second-order valence-electron chi connectivity index (χ2n) is 16.4. The van der Waals surface area contributed by atoms with Crippen molar-refractivity contribution in [2.75, 3.05) is 21.9 Å². The summed E-state index contributed by atoms with van der Waals surface area (Å²) in [5.74, 6) is -3.73. The molecule has 7 rings (SSSR count). The van der Waals surface area contributed by atoms with E-state index in [4.69, 9.17) is 5.73 Å². The number of benzene rings is 5. The zero-order valence-corrected chi connectivity index (χ0v) is 45.3. The number of nitrogens with zero attached hydrogens (tertiary/aromatic N) is 4. The number of ketones is 2. The van der Waals surface area contributed by atoms with Gasteiger partial charge in [0.05, 0.1) is 49.4 Å². The Balaban J connectivity index is 1.22. The summed E-state index contributed by atoms with van der Waals surface area (Å²) in [5, 5.41) is 16.9. The first-order chi connectivity index (χ1) is 37.1. The Kier molecular flexibility index (Phi) is 16.0. The molecule has 0 unspecified atom stereocenters. The minimum atomic E-state index is -5.50. The Labute approximate surface area is 456 Å². The summed E-state index contributed by atoms with van der Waals surface area (Å²) in [6.45, 7) is 0.950. The zero-order chi connectivity index (χ0) is 60.3. The van der Waals surface area contributed by atoms with E-state index >= 15 is 0 Å². The molecular formula is C42H32N8O24S7. The van der Waals surface area contributed by atoms with Crippen molar-refractivity contribution in [3.05, 3.63) is 122 Å². The largest absolute Gasteiger partial charge is 0.396 e. The molecule has 0 radical (unpaired) electrons. The number of hydrazone groups is 2. The number of carbonyl (C=O) groups excluding carboxylic acids is 3. The number of rotatable bonds is 16. The number of hydrogen-bond donors (Lipinski definition) is 11. The average Bonchev–Trinajstić information content (AvgIpc) is 3.50. The number of nitrogen functional groups attached to an aromatic ring is 1. The number of fused-ring (bicyclic) bond motifs is 2. The molecule has 0 aliphatic heterocycles. The molecule has 81 heavy (non-hydrogen) atoms. The van der Waals surface area contributed by atoms with Crippen LogP contribution in [0.5, 0.6) is 0 Å². The summed E-state index contributed by atoms with van der Waals surface area (Å²) in [6.07, 6.45) is 2.84. The van der Waals surface area contributed by atoms with Gasteiger partial charge in [-0.2, -0.15) is 74.2 Å². The van der Waals surface area contributed by atoms with Crippen LogP contribution in [0.1, 0.15) is 49.9 Å². The van der Waals surface area contributed by atoms with Crippen molar-refractivity contribution in [3.63, 3.8) is 0 Å². The highest BCUT2D eigenvalue weighted by Gasteiger charge is 2.38. The maximum Gasteiger partial charge on any atom is 0.296 e.